The summed E-state index contributed by atoms with van der Waals surface area (Å²) in [6.07, 6.45) is 2.13. The molecule has 5 nitrogen and oxygen atoms in total. The van der Waals surface area contributed by atoms with Crippen molar-refractivity contribution in [3.05, 3.63) is 39.7 Å². The van der Waals surface area contributed by atoms with Crippen LogP contribution in [0.4, 0.5) is 10.1 Å². The van der Waals surface area contributed by atoms with Gasteiger partial charge in [-0.3, -0.25) is 10.1 Å². The van der Waals surface area contributed by atoms with E-state index in [1.165, 1.54) is 12.1 Å². The number of rotatable bonds is 2. The number of hydrogen-bond acceptors (Lipinski definition) is 4. The quantitative estimate of drug-likeness (QED) is 0.671. The molecule has 1 aromatic carbocycles. The molecule has 0 spiro atoms. The van der Waals surface area contributed by atoms with E-state index in [1.54, 1.807) is 0 Å². The summed E-state index contributed by atoms with van der Waals surface area (Å²) in [6, 6.07) is 3.95. The number of non-ortho nitro benzene ring substituents is 1. The van der Waals surface area contributed by atoms with Crippen LogP contribution >= 0.6 is 0 Å². The Bertz CT molecular complexity index is 580. The molecule has 0 unspecified atom stereocenters. The van der Waals surface area contributed by atoms with Crippen LogP contribution in [0.15, 0.2) is 18.2 Å². The summed E-state index contributed by atoms with van der Waals surface area (Å²) in [5, 5.41) is 21.5. The average molecular weight is 294 g/mol. The minimum atomic E-state index is -0.689. The predicted molar refractivity (Wildman–Crippen MR) is 75.6 cm³/mol. The second kappa shape index (κ2) is 5.03. The van der Waals surface area contributed by atoms with Gasteiger partial charge >= 0.3 is 0 Å². The minimum absolute atomic E-state index is 0.117. The van der Waals surface area contributed by atoms with E-state index in [2.05, 4.69) is 4.90 Å². The van der Waals surface area contributed by atoms with E-state index in [1.807, 2.05) is 7.05 Å². The van der Waals surface area contributed by atoms with E-state index >= 15 is 0 Å². The summed E-state index contributed by atoms with van der Waals surface area (Å²) in [6.45, 7) is 0.768. The Morgan fingerprint density at radius 1 is 1.48 bits per heavy atom. The SMILES string of the molecule is CN1CC[C@]2(c3cc([N+](=O)[O-])ccc3F)C[C@H]1CC[C@@H]2O. The number of nitrogens with zero attached hydrogens (tertiary/aromatic N) is 2. The maximum absolute atomic E-state index is 14.3. The van der Waals surface area contributed by atoms with E-state index < -0.39 is 22.3 Å². The minimum Gasteiger partial charge on any atom is -0.392 e. The van der Waals surface area contributed by atoms with Crippen LogP contribution in [0.2, 0.25) is 0 Å². The molecule has 6 heteroatoms. The Morgan fingerprint density at radius 3 is 2.95 bits per heavy atom. The van der Waals surface area contributed by atoms with Gasteiger partial charge in [0.2, 0.25) is 0 Å². The highest BCUT2D eigenvalue weighted by Gasteiger charge is 2.49. The lowest BCUT2D eigenvalue weighted by Crippen LogP contribution is -2.56. The van der Waals surface area contributed by atoms with Crippen LogP contribution < -0.4 is 0 Å². The van der Waals surface area contributed by atoms with Crippen molar-refractivity contribution < 1.29 is 14.4 Å². The number of benzene rings is 1. The Morgan fingerprint density at radius 2 is 2.24 bits per heavy atom. The van der Waals surface area contributed by atoms with E-state index in [0.29, 0.717) is 30.9 Å². The summed E-state index contributed by atoms with van der Waals surface area (Å²) in [4.78, 5) is 12.7. The molecule has 1 heterocycles. The number of aliphatic hydroxyl groups is 1. The maximum atomic E-state index is 14.3. The van der Waals surface area contributed by atoms with E-state index in [-0.39, 0.29) is 5.69 Å². The maximum Gasteiger partial charge on any atom is 0.269 e. The highest BCUT2D eigenvalue weighted by Crippen LogP contribution is 2.48. The van der Waals surface area contributed by atoms with E-state index in [9.17, 15) is 19.6 Å². The second-order valence-corrected chi connectivity index (χ2v) is 6.26. The first-order valence-electron chi connectivity index (χ1n) is 7.27. The first-order chi connectivity index (χ1) is 9.94. The fraction of sp³-hybridized carbons (Fsp3) is 0.600. The van der Waals surface area contributed by atoms with Crippen molar-refractivity contribution in [2.24, 2.45) is 0 Å². The van der Waals surface area contributed by atoms with Gasteiger partial charge in [0.25, 0.3) is 5.69 Å². The molecule has 114 valence electrons. The van der Waals surface area contributed by atoms with Crippen molar-refractivity contribution in [3.8, 4) is 0 Å². The highest BCUT2D eigenvalue weighted by molar-refractivity contribution is 5.41. The van der Waals surface area contributed by atoms with Gasteiger partial charge < -0.3 is 10.0 Å². The molecule has 1 aliphatic carbocycles. The highest BCUT2D eigenvalue weighted by atomic mass is 19.1. The van der Waals surface area contributed by atoms with Gasteiger partial charge in [-0.05, 0) is 45.3 Å². The van der Waals surface area contributed by atoms with Crippen LogP contribution in [0.3, 0.4) is 0 Å². The Labute approximate surface area is 122 Å². The number of fused-ring (bicyclic) bond motifs is 2. The molecule has 0 aromatic heterocycles. The summed E-state index contributed by atoms with van der Waals surface area (Å²) in [7, 11) is 2.04. The molecule has 1 aromatic rings. The monoisotopic (exact) mass is 294 g/mol. The van der Waals surface area contributed by atoms with Crippen molar-refractivity contribution in [3.63, 3.8) is 0 Å². The second-order valence-electron chi connectivity index (χ2n) is 6.26. The van der Waals surface area contributed by atoms with Crippen molar-refractivity contribution in [1.82, 2.24) is 4.90 Å². The van der Waals surface area contributed by atoms with Gasteiger partial charge in [0.1, 0.15) is 5.82 Å². The Kier molecular flexibility index (Phi) is 3.45. The predicted octanol–water partition coefficient (Wildman–Crippen LogP) is 2.22. The Hall–Kier alpha value is -1.53. The zero-order chi connectivity index (χ0) is 15.2. The first kappa shape index (κ1) is 14.4. The fourth-order valence-corrected chi connectivity index (χ4v) is 3.92. The van der Waals surface area contributed by atoms with Crippen LogP contribution in [-0.2, 0) is 5.41 Å². The van der Waals surface area contributed by atoms with Gasteiger partial charge in [0, 0.05) is 29.2 Å². The summed E-state index contributed by atoms with van der Waals surface area (Å²) in [5.74, 6) is -0.454. The molecule has 3 rings (SSSR count). The lowest BCUT2D eigenvalue weighted by molar-refractivity contribution is -0.385. The van der Waals surface area contributed by atoms with Crippen molar-refractivity contribution in [1.29, 1.82) is 0 Å². The number of nitro groups is 1. The van der Waals surface area contributed by atoms with Gasteiger partial charge in [0.05, 0.1) is 11.0 Å². The standard InChI is InChI=1S/C15H19FN2O3/c1-17-7-6-15(9-11(17)3-5-14(15)19)12-8-10(18(20)21)2-4-13(12)16/h2,4,8,11,14,19H,3,5-7,9H2,1H3/t11-,14+,15-/m1/s1. The molecule has 0 radical (unpaired) electrons. The number of aliphatic hydroxyl groups excluding tert-OH is 1. The molecule has 1 saturated heterocycles. The summed E-state index contributed by atoms with van der Waals surface area (Å²) >= 11 is 0. The number of halogens is 1. The lowest BCUT2D eigenvalue weighted by atomic mass is 9.61. The molecule has 1 saturated carbocycles. The fourth-order valence-electron chi connectivity index (χ4n) is 3.92. The number of piperidine rings is 1. The van der Waals surface area contributed by atoms with Gasteiger partial charge in [-0.2, -0.15) is 0 Å². The van der Waals surface area contributed by atoms with Crippen molar-refractivity contribution >= 4 is 5.69 Å². The molecule has 2 aliphatic rings. The molecule has 21 heavy (non-hydrogen) atoms. The average Bonchev–Trinajstić information content (AvgIpc) is 2.46. The third-order valence-corrected chi connectivity index (χ3v) is 5.24. The number of nitro benzene ring substituents is 1. The first-order valence-corrected chi connectivity index (χ1v) is 7.27. The largest absolute Gasteiger partial charge is 0.392 e. The third kappa shape index (κ3) is 2.22. The van der Waals surface area contributed by atoms with Gasteiger partial charge in [-0.25, -0.2) is 4.39 Å². The van der Waals surface area contributed by atoms with Crippen LogP contribution in [-0.4, -0.2) is 40.7 Å². The molecule has 3 atom stereocenters. The van der Waals surface area contributed by atoms with E-state index in [0.717, 1.165) is 19.0 Å². The molecule has 2 fully saturated rings. The van der Waals surface area contributed by atoms with Crippen molar-refractivity contribution in [2.75, 3.05) is 13.6 Å². The van der Waals surface area contributed by atoms with Crippen LogP contribution in [0.5, 0.6) is 0 Å². The third-order valence-electron chi connectivity index (χ3n) is 5.24. The zero-order valence-corrected chi connectivity index (χ0v) is 12.0. The van der Waals surface area contributed by atoms with Gasteiger partial charge in [-0.15, -0.1) is 0 Å². The molecule has 0 amide bonds. The molecular weight excluding hydrogens is 275 g/mol. The molecular formula is C15H19FN2O3. The summed E-state index contributed by atoms with van der Waals surface area (Å²) < 4.78 is 14.3. The van der Waals surface area contributed by atoms with Gasteiger partial charge in [0.15, 0.2) is 0 Å². The smallest absolute Gasteiger partial charge is 0.269 e. The van der Waals surface area contributed by atoms with Gasteiger partial charge in [-0.1, -0.05) is 0 Å². The van der Waals surface area contributed by atoms with Crippen LogP contribution in [0, 0.1) is 15.9 Å². The number of hydrogen-bond donors (Lipinski definition) is 1. The number of likely N-dealkylation sites (tertiary alicyclic amines) is 1. The zero-order valence-electron chi connectivity index (χ0n) is 12.0. The van der Waals surface area contributed by atoms with Crippen LogP contribution in [0.25, 0.3) is 0 Å². The van der Waals surface area contributed by atoms with Crippen molar-refractivity contribution in [2.45, 2.75) is 43.2 Å². The molecule has 2 bridgehead atoms. The van der Waals surface area contributed by atoms with E-state index in [4.69, 9.17) is 0 Å². The lowest BCUT2D eigenvalue weighted by Gasteiger charge is -2.52. The Balaban J connectivity index is 2.08. The normalized spacial score (nSPS) is 32.9. The van der Waals surface area contributed by atoms with Crippen LogP contribution in [0.1, 0.15) is 31.2 Å². The molecule has 1 N–H and O–H groups in total. The topological polar surface area (TPSA) is 66.6 Å². The summed E-state index contributed by atoms with van der Waals surface area (Å²) in [5.41, 5.74) is -0.498. The molecule has 1 aliphatic heterocycles.